The van der Waals surface area contributed by atoms with Crippen LogP contribution < -0.4 is 0 Å². The lowest BCUT2D eigenvalue weighted by Gasteiger charge is -2.06. The first-order valence-electron chi connectivity index (χ1n) is 4.09. The monoisotopic (exact) mass is 173 g/mol. The van der Waals surface area contributed by atoms with E-state index in [1.807, 2.05) is 26.0 Å². The van der Waals surface area contributed by atoms with Gasteiger partial charge in [-0.1, -0.05) is 6.07 Å². The van der Waals surface area contributed by atoms with Crippen LogP contribution in [-0.4, -0.2) is 5.78 Å². The van der Waals surface area contributed by atoms with Gasteiger partial charge >= 0.3 is 0 Å². The van der Waals surface area contributed by atoms with Crippen LogP contribution >= 0.6 is 0 Å². The molecule has 1 aromatic rings. The van der Waals surface area contributed by atoms with Gasteiger partial charge in [0.1, 0.15) is 0 Å². The molecule has 1 rings (SSSR count). The molecule has 0 aliphatic heterocycles. The third-order valence-corrected chi connectivity index (χ3v) is 2.21. The molecule has 0 atom stereocenters. The Hall–Kier alpha value is -1.62. The summed E-state index contributed by atoms with van der Waals surface area (Å²) in [6.45, 7) is 5.29. The lowest BCUT2D eigenvalue weighted by molar-refractivity contribution is 0.101. The molecule has 13 heavy (non-hydrogen) atoms. The average Bonchev–Trinajstić information content (AvgIpc) is 2.08. The van der Waals surface area contributed by atoms with E-state index in [1.54, 1.807) is 6.07 Å². The fourth-order valence-corrected chi connectivity index (χ4v) is 1.36. The molecule has 2 nitrogen and oxygen atoms in total. The molecule has 0 saturated carbocycles. The molecule has 0 aromatic heterocycles. The van der Waals surface area contributed by atoms with E-state index >= 15 is 0 Å². The van der Waals surface area contributed by atoms with Crippen LogP contribution in [0.5, 0.6) is 0 Å². The summed E-state index contributed by atoms with van der Waals surface area (Å²) in [6.07, 6.45) is 0. The highest BCUT2D eigenvalue weighted by Gasteiger charge is 2.11. The van der Waals surface area contributed by atoms with Crippen molar-refractivity contribution in [2.75, 3.05) is 0 Å². The van der Waals surface area contributed by atoms with E-state index in [4.69, 9.17) is 5.26 Å². The minimum Gasteiger partial charge on any atom is -0.294 e. The number of ketones is 1. The van der Waals surface area contributed by atoms with Gasteiger partial charge < -0.3 is 0 Å². The summed E-state index contributed by atoms with van der Waals surface area (Å²) in [7, 11) is 0. The molecule has 66 valence electrons. The number of nitrogens with zero attached hydrogens (tertiary/aromatic N) is 1. The third kappa shape index (κ3) is 1.59. The summed E-state index contributed by atoms with van der Waals surface area (Å²) in [5.41, 5.74) is 2.98. The van der Waals surface area contributed by atoms with E-state index in [1.165, 1.54) is 6.92 Å². The number of aryl methyl sites for hydroxylation is 1. The Balaban J connectivity index is 3.53. The van der Waals surface area contributed by atoms with Gasteiger partial charge in [0.2, 0.25) is 0 Å². The summed E-state index contributed by atoms with van der Waals surface area (Å²) in [5, 5.41) is 8.78. The van der Waals surface area contributed by atoms with Crippen molar-refractivity contribution in [2.45, 2.75) is 20.8 Å². The van der Waals surface area contributed by atoms with Crippen molar-refractivity contribution in [1.82, 2.24) is 0 Å². The summed E-state index contributed by atoms with van der Waals surface area (Å²) in [5.74, 6) is -0.0437. The van der Waals surface area contributed by atoms with Gasteiger partial charge in [0.05, 0.1) is 11.6 Å². The van der Waals surface area contributed by atoms with Gasteiger partial charge in [0, 0.05) is 5.56 Å². The van der Waals surface area contributed by atoms with Crippen molar-refractivity contribution < 1.29 is 4.79 Å². The van der Waals surface area contributed by atoms with Crippen LogP contribution in [0.15, 0.2) is 12.1 Å². The van der Waals surface area contributed by atoms with Gasteiger partial charge in [0.25, 0.3) is 0 Å². The van der Waals surface area contributed by atoms with E-state index < -0.39 is 0 Å². The van der Waals surface area contributed by atoms with Crippen LogP contribution in [0.4, 0.5) is 0 Å². The molecule has 1 aromatic carbocycles. The zero-order valence-electron chi connectivity index (χ0n) is 8.01. The Bertz CT molecular complexity index is 399. The minimum absolute atomic E-state index is 0.0437. The molecular formula is C11H11NO. The van der Waals surface area contributed by atoms with Crippen LogP contribution in [0, 0.1) is 25.2 Å². The smallest absolute Gasteiger partial charge is 0.161 e. The van der Waals surface area contributed by atoms with Gasteiger partial charge in [-0.3, -0.25) is 4.79 Å². The van der Waals surface area contributed by atoms with Gasteiger partial charge in [-0.25, -0.2) is 0 Å². The molecule has 0 saturated heterocycles. The first-order valence-corrected chi connectivity index (χ1v) is 4.09. The molecule has 0 heterocycles. The summed E-state index contributed by atoms with van der Waals surface area (Å²) < 4.78 is 0. The predicted octanol–water partition coefficient (Wildman–Crippen LogP) is 2.38. The topological polar surface area (TPSA) is 40.9 Å². The SMILES string of the molecule is CC(=O)c1c(C#N)ccc(C)c1C. The highest BCUT2D eigenvalue weighted by molar-refractivity contribution is 5.98. The van der Waals surface area contributed by atoms with Gasteiger partial charge in [-0.2, -0.15) is 5.26 Å². The van der Waals surface area contributed by atoms with Crippen molar-refractivity contribution in [3.8, 4) is 6.07 Å². The number of hydrogen-bond donors (Lipinski definition) is 0. The largest absolute Gasteiger partial charge is 0.294 e. The quantitative estimate of drug-likeness (QED) is 0.612. The second-order valence-electron chi connectivity index (χ2n) is 3.10. The van der Waals surface area contributed by atoms with E-state index in [-0.39, 0.29) is 5.78 Å². The Morgan fingerprint density at radius 2 is 2.00 bits per heavy atom. The van der Waals surface area contributed by atoms with Gasteiger partial charge in [-0.15, -0.1) is 0 Å². The fraction of sp³-hybridized carbons (Fsp3) is 0.273. The van der Waals surface area contributed by atoms with E-state index in [2.05, 4.69) is 0 Å². The third-order valence-electron chi connectivity index (χ3n) is 2.21. The Morgan fingerprint density at radius 3 is 2.46 bits per heavy atom. The average molecular weight is 173 g/mol. The van der Waals surface area contributed by atoms with Crippen LogP contribution in [-0.2, 0) is 0 Å². The second kappa shape index (κ2) is 3.40. The molecule has 0 N–H and O–H groups in total. The maximum absolute atomic E-state index is 11.2. The molecule has 0 bridgehead atoms. The van der Waals surface area contributed by atoms with E-state index in [0.717, 1.165) is 11.1 Å². The number of carbonyl (C=O) groups is 1. The number of carbonyl (C=O) groups excluding carboxylic acids is 1. The summed E-state index contributed by atoms with van der Waals surface area (Å²) in [4.78, 5) is 11.2. The molecular weight excluding hydrogens is 162 g/mol. The zero-order chi connectivity index (χ0) is 10.0. The molecule has 0 spiro atoms. The predicted molar refractivity (Wildman–Crippen MR) is 50.6 cm³/mol. The maximum Gasteiger partial charge on any atom is 0.161 e. The normalized spacial score (nSPS) is 9.38. The molecule has 0 aliphatic rings. The number of rotatable bonds is 1. The van der Waals surface area contributed by atoms with Crippen molar-refractivity contribution in [3.05, 3.63) is 34.4 Å². The Labute approximate surface area is 77.8 Å². The molecule has 0 aliphatic carbocycles. The molecule has 0 fully saturated rings. The Morgan fingerprint density at radius 1 is 1.38 bits per heavy atom. The van der Waals surface area contributed by atoms with Crippen molar-refractivity contribution in [3.63, 3.8) is 0 Å². The first kappa shape index (κ1) is 9.47. The Kier molecular flexibility index (Phi) is 2.48. The highest BCUT2D eigenvalue weighted by Crippen LogP contribution is 2.17. The van der Waals surface area contributed by atoms with Crippen molar-refractivity contribution >= 4 is 5.78 Å². The van der Waals surface area contributed by atoms with Crippen molar-refractivity contribution in [1.29, 1.82) is 5.26 Å². The molecule has 0 amide bonds. The highest BCUT2D eigenvalue weighted by atomic mass is 16.1. The summed E-state index contributed by atoms with van der Waals surface area (Å²) >= 11 is 0. The molecule has 2 heteroatoms. The maximum atomic E-state index is 11.2. The van der Waals surface area contributed by atoms with E-state index in [0.29, 0.717) is 11.1 Å². The van der Waals surface area contributed by atoms with Crippen LogP contribution in [0.1, 0.15) is 34.0 Å². The lowest BCUT2D eigenvalue weighted by Crippen LogP contribution is -2.01. The van der Waals surface area contributed by atoms with Crippen LogP contribution in [0.3, 0.4) is 0 Å². The summed E-state index contributed by atoms with van der Waals surface area (Å²) in [6, 6.07) is 5.58. The zero-order valence-corrected chi connectivity index (χ0v) is 8.01. The lowest BCUT2D eigenvalue weighted by atomic mass is 9.96. The number of hydrogen-bond acceptors (Lipinski definition) is 2. The number of nitriles is 1. The van der Waals surface area contributed by atoms with Crippen LogP contribution in [0.2, 0.25) is 0 Å². The fourth-order valence-electron chi connectivity index (χ4n) is 1.36. The number of benzene rings is 1. The number of Topliss-reactive ketones (excluding diaryl/α,β-unsaturated/α-hetero) is 1. The molecule has 0 unspecified atom stereocenters. The standard InChI is InChI=1S/C11H11NO/c1-7-4-5-10(6-12)11(8(7)2)9(3)13/h4-5H,1-3H3. The first-order chi connectivity index (χ1) is 6.07. The van der Waals surface area contributed by atoms with Crippen LogP contribution in [0.25, 0.3) is 0 Å². The minimum atomic E-state index is -0.0437. The molecule has 0 radical (unpaired) electrons. The van der Waals surface area contributed by atoms with Gasteiger partial charge in [0.15, 0.2) is 5.78 Å². The second-order valence-corrected chi connectivity index (χ2v) is 3.10. The van der Waals surface area contributed by atoms with Gasteiger partial charge in [-0.05, 0) is 38.0 Å². The van der Waals surface area contributed by atoms with E-state index in [9.17, 15) is 4.79 Å². The van der Waals surface area contributed by atoms with Crippen molar-refractivity contribution in [2.24, 2.45) is 0 Å².